The normalized spacial score (nSPS) is 11.1. The quantitative estimate of drug-likeness (QED) is 0.330. The monoisotopic (exact) mass is 384 g/mol. The third-order valence-corrected chi connectivity index (χ3v) is 5.11. The maximum Gasteiger partial charge on any atom is 0.339 e. The van der Waals surface area contributed by atoms with Gasteiger partial charge in [-0.3, -0.25) is 0 Å². The number of aryl methyl sites for hydroxylation is 1. The van der Waals surface area contributed by atoms with Gasteiger partial charge < -0.3 is 9.15 Å². The Morgan fingerprint density at radius 2 is 1.81 bits per heavy atom. The second-order valence-electron chi connectivity index (χ2n) is 6.88. The predicted molar refractivity (Wildman–Crippen MR) is 111 cm³/mol. The molecule has 0 bridgehead atoms. The van der Waals surface area contributed by atoms with Crippen molar-refractivity contribution in [3.05, 3.63) is 74.6 Å². The molecule has 0 radical (unpaired) electrons. The molecule has 1 aromatic heterocycles. The lowest BCUT2D eigenvalue weighted by molar-refractivity contribution is 0.306. The third-order valence-electron chi connectivity index (χ3n) is 4.86. The molecule has 3 nitrogen and oxygen atoms in total. The lowest BCUT2D eigenvalue weighted by atomic mass is 10.0. The molecule has 27 heavy (non-hydrogen) atoms. The Balaban J connectivity index is 1.77. The van der Waals surface area contributed by atoms with Crippen LogP contribution in [0.25, 0.3) is 11.0 Å². The largest absolute Gasteiger partial charge is 0.489 e. The SMILES string of the molecule is CCCCCCc1c(C)c2ccc(OCc3ccc(Cl)cc3)cc2oc1=O. The Morgan fingerprint density at radius 1 is 1.04 bits per heavy atom. The van der Waals surface area contributed by atoms with Crippen LogP contribution in [0, 0.1) is 6.92 Å². The fraction of sp³-hybridized carbons (Fsp3) is 0.348. The van der Waals surface area contributed by atoms with Crippen LogP contribution in [-0.4, -0.2) is 0 Å². The summed E-state index contributed by atoms with van der Waals surface area (Å²) in [5.74, 6) is 0.677. The van der Waals surface area contributed by atoms with Gasteiger partial charge >= 0.3 is 5.63 Å². The minimum Gasteiger partial charge on any atom is -0.489 e. The molecule has 0 N–H and O–H groups in total. The first-order chi connectivity index (χ1) is 13.1. The van der Waals surface area contributed by atoms with Crippen molar-refractivity contribution >= 4 is 22.6 Å². The summed E-state index contributed by atoms with van der Waals surface area (Å²) in [7, 11) is 0. The van der Waals surface area contributed by atoms with Crippen LogP contribution in [0.2, 0.25) is 5.02 Å². The first-order valence-corrected chi connectivity index (χ1v) is 9.90. The minimum absolute atomic E-state index is 0.230. The van der Waals surface area contributed by atoms with Crippen molar-refractivity contribution in [2.45, 2.75) is 52.6 Å². The highest BCUT2D eigenvalue weighted by molar-refractivity contribution is 6.30. The topological polar surface area (TPSA) is 39.4 Å². The Morgan fingerprint density at radius 3 is 2.56 bits per heavy atom. The van der Waals surface area contributed by atoms with E-state index in [1.807, 2.05) is 43.3 Å². The van der Waals surface area contributed by atoms with Gasteiger partial charge in [0.2, 0.25) is 0 Å². The molecule has 3 rings (SSSR count). The van der Waals surface area contributed by atoms with Crippen molar-refractivity contribution < 1.29 is 9.15 Å². The van der Waals surface area contributed by atoms with Crippen molar-refractivity contribution in [1.29, 1.82) is 0 Å². The number of hydrogen-bond acceptors (Lipinski definition) is 3. The number of fused-ring (bicyclic) bond motifs is 1. The molecule has 0 aliphatic rings. The van der Waals surface area contributed by atoms with Crippen molar-refractivity contribution in [3.8, 4) is 5.75 Å². The van der Waals surface area contributed by atoms with E-state index in [9.17, 15) is 4.79 Å². The van der Waals surface area contributed by atoms with Crippen LogP contribution in [0.5, 0.6) is 5.75 Å². The van der Waals surface area contributed by atoms with E-state index in [4.69, 9.17) is 20.8 Å². The molecule has 0 aliphatic carbocycles. The second-order valence-corrected chi connectivity index (χ2v) is 7.31. The van der Waals surface area contributed by atoms with Crippen molar-refractivity contribution in [2.24, 2.45) is 0 Å². The zero-order chi connectivity index (χ0) is 19.2. The molecular weight excluding hydrogens is 360 g/mol. The van der Waals surface area contributed by atoms with Gasteiger partial charge in [-0.05, 0) is 55.2 Å². The fourth-order valence-electron chi connectivity index (χ4n) is 3.23. The van der Waals surface area contributed by atoms with Crippen LogP contribution in [0.15, 0.2) is 51.7 Å². The van der Waals surface area contributed by atoms with E-state index in [2.05, 4.69) is 6.92 Å². The summed E-state index contributed by atoms with van der Waals surface area (Å²) < 4.78 is 11.4. The van der Waals surface area contributed by atoms with Gasteiger partial charge in [0.1, 0.15) is 17.9 Å². The number of unbranched alkanes of at least 4 members (excludes halogenated alkanes) is 3. The van der Waals surface area contributed by atoms with Gasteiger partial charge in [0.05, 0.1) is 0 Å². The summed E-state index contributed by atoms with van der Waals surface area (Å²) in [6, 6.07) is 13.2. The summed E-state index contributed by atoms with van der Waals surface area (Å²) in [5, 5.41) is 1.67. The zero-order valence-corrected chi connectivity index (χ0v) is 16.6. The Bertz CT molecular complexity index is 958. The summed E-state index contributed by atoms with van der Waals surface area (Å²) in [4.78, 5) is 12.4. The third kappa shape index (κ3) is 4.92. The highest BCUT2D eigenvalue weighted by Gasteiger charge is 2.12. The molecule has 4 heteroatoms. The maximum atomic E-state index is 12.4. The van der Waals surface area contributed by atoms with Crippen LogP contribution in [0.4, 0.5) is 0 Å². The molecule has 0 spiro atoms. The van der Waals surface area contributed by atoms with E-state index in [-0.39, 0.29) is 5.63 Å². The van der Waals surface area contributed by atoms with Gasteiger partial charge in [0, 0.05) is 22.0 Å². The van der Waals surface area contributed by atoms with E-state index >= 15 is 0 Å². The van der Waals surface area contributed by atoms with Crippen LogP contribution in [0.3, 0.4) is 0 Å². The van der Waals surface area contributed by atoms with Crippen LogP contribution >= 0.6 is 11.6 Å². The molecule has 1 heterocycles. The van der Waals surface area contributed by atoms with Crippen LogP contribution in [0.1, 0.15) is 49.3 Å². The molecular formula is C23H25ClO3. The lowest BCUT2D eigenvalue weighted by Gasteiger charge is -2.10. The summed E-state index contributed by atoms with van der Waals surface area (Å²) in [6.45, 7) is 4.62. The van der Waals surface area contributed by atoms with E-state index in [0.717, 1.165) is 41.3 Å². The average Bonchev–Trinajstić information content (AvgIpc) is 2.66. The van der Waals surface area contributed by atoms with Gasteiger partial charge in [-0.2, -0.15) is 0 Å². The molecule has 0 unspecified atom stereocenters. The van der Waals surface area contributed by atoms with Gasteiger partial charge in [0.15, 0.2) is 0 Å². The zero-order valence-electron chi connectivity index (χ0n) is 15.9. The van der Waals surface area contributed by atoms with Crippen LogP contribution < -0.4 is 10.4 Å². The molecule has 0 fully saturated rings. The number of hydrogen-bond donors (Lipinski definition) is 0. The first kappa shape index (κ1) is 19.5. The van der Waals surface area contributed by atoms with Gasteiger partial charge in [-0.1, -0.05) is 49.9 Å². The number of rotatable bonds is 8. The molecule has 0 saturated heterocycles. The maximum absolute atomic E-state index is 12.4. The fourth-order valence-corrected chi connectivity index (χ4v) is 3.36. The van der Waals surface area contributed by atoms with Crippen molar-refractivity contribution in [1.82, 2.24) is 0 Å². The summed E-state index contributed by atoms with van der Waals surface area (Å²) in [5.41, 5.74) is 3.18. The molecule has 0 aliphatic heterocycles. The van der Waals surface area contributed by atoms with Crippen LogP contribution in [-0.2, 0) is 13.0 Å². The van der Waals surface area contributed by atoms with E-state index in [1.54, 1.807) is 6.07 Å². The van der Waals surface area contributed by atoms with Gasteiger partial charge in [0.25, 0.3) is 0 Å². The average molecular weight is 385 g/mol. The van der Waals surface area contributed by atoms with Gasteiger partial charge in [-0.15, -0.1) is 0 Å². The first-order valence-electron chi connectivity index (χ1n) is 9.52. The Labute approximate surface area is 164 Å². The Hall–Kier alpha value is -2.26. The smallest absolute Gasteiger partial charge is 0.339 e. The molecule has 0 saturated carbocycles. The van der Waals surface area contributed by atoms with Crippen molar-refractivity contribution in [2.75, 3.05) is 0 Å². The molecule has 3 aromatic rings. The Kier molecular flexibility index (Phi) is 6.57. The van der Waals surface area contributed by atoms with E-state index in [0.29, 0.717) is 23.0 Å². The molecule has 2 aromatic carbocycles. The molecule has 0 atom stereocenters. The molecule has 0 amide bonds. The highest BCUT2D eigenvalue weighted by atomic mass is 35.5. The number of benzene rings is 2. The second kappa shape index (κ2) is 9.09. The predicted octanol–water partition coefficient (Wildman–Crippen LogP) is 6.46. The summed E-state index contributed by atoms with van der Waals surface area (Å²) >= 11 is 5.90. The molecule has 142 valence electrons. The highest BCUT2D eigenvalue weighted by Crippen LogP contribution is 2.25. The van der Waals surface area contributed by atoms with E-state index < -0.39 is 0 Å². The number of ether oxygens (including phenoxy) is 1. The van der Waals surface area contributed by atoms with Crippen molar-refractivity contribution in [3.63, 3.8) is 0 Å². The number of halogens is 1. The standard InChI is InChI=1S/C23H25ClO3/c1-3-4-5-6-7-21-16(2)20-13-12-19(14-22(20)27-23(21)25)26-15-17-8-10-18(24)11-9-17/h8-14H,3-7,15H2,1-2H3. The lowest BCUT2D eigenvalue weighted by Crippen LogP contribution is -2.10. The minimum atomic E-state index is -0.230. The summed E-state index contributed by atoms with van der Waals surface area (Å²) in [6.07, 6.45) is 5.33. The van der Waals surface area contributed by atoms with Gasteiger partial charge in [-0.25, -0.2) is 4.79 Å². The van der Waals surface area contributed by atoms with E-state index in [1.165, 1.54) is 12.8 Å².